The molecule has 3 atom stereocenters. The number of carbonyl (C=O) groups excluding carboxylic acids is 1. The number of rotatable bonds is 72. The summed E-state index contributed by atoms with van der Waals surface area (Å²) in [6.07, 6.45) is 96.7. The van der Waals surface area contributed by atoms with Crippen molar-refractivity contribution in [1.82, 2.24) is 5.32 Å². The van der Waals surface area contributed by atoms with Gasteiger partial charge in [-0.2, -0.15) is 0 Å². The zero-order chi connectivity index (χ0) is 64.1. The van der Waals surface area contributed by atoms with E-state index in [9.17, 15) is 19.4 Å². The number of phosphoric acid groups is 1. The van der Waals surface area contributed by atoms with Crippen LogP contribution in [0.1, 0.15) is 386 Å². The number of nitrogens with one attached hydrogen (secondary N) is 1. The van der Waals surface area contributed by atoms with E-state index in [1.807, 2.05) is 27.2 Å². The lowest BCUT2D eigenvalue weighted by molar-refractivity contribution is -0.870. The summed E-state index contributed by atoms with van der Waals surface area (Å²) in [4.78, 5) is 25.7. The molecule has 0 bridgehead atoms. The lowest BCUT2D eigenvalue weighted by Crippen LogP contribution is -2.45. The zero-order valence-corrected chi connectivity index (χ0v) is 60.3. The lowest BCUT2D eigenvalue weighted by atomic mass is 10.0. The summed E-state index contributed by atoms with van der Waals surface area (Å²) in [5.74, 6) is -0.204. The lowest BCUT2D eigenvalue weighted by Gasteiger charge is -2.29. The number of allylic oxidation sites excluding steroid dienone is 9. The highest BCUT2D eigenvalue weighted by Crippen LogP contribution is 2.38. The number of amides is 1. The Bertz CT molecular complexity index is 1620. The second-order valence-corrected chi connectivity index (χ2v) is 29.1. The Morgan fingerprint density at radius 1 is 0.398 bits per heavy atom. The van der Waals surface area contributed by atoms with Gasteiger partial charge >= 0.3 is 0 Å². The number of unbranched alkanes of at least 4 members (excludes halogenated alkanes) is 51. The summed E-state index contributed by atoms with van der Waals surface area (Å²) >= 11 is 0. The van der Waals surface area contributed by atoms with Crippen LogP contribution in [0.3, 0.4) is 0 Å². The van der Waals surface area contributed by atoms with Crippen LogP contribution in [0.2, 0.25) is 0 Å². The third kappa shape index (κ3) is 71.6. The van der Waals surface area contributed by atoms with Gasteiger partial charge in [0.15, 0.2) is 0 Å². The van der Waals surface area contributed by atoms with Crippen LogP contribution in [0, 0.1) is 0 Å². The molecular weight excluding hydrogens is 1100 g/mol. The molecule has 0 saturated carbocycles. The van der Waals surface area contributed by atoms with Crippen molar-refractivity contribution in [3.63, 3.8) is 0 Å². The monoisotopic (exact) mass is 1260 g/mol. The van der Waals surface area contributed by atoms with Gasteiger partial charge < -0.3 is 28.8 Å². The summed E-state index contributed by atoms with van der Waals surface area (Å²) in [5.41, 5.74) is 0. The summed E-state index contributed by atoms with van der Waals surface area (Å²) in [5, 5.41) is 14.0. The molecule has 0 spiro atoms. The minimum Gasteiger partial charge on any atom is -0.756 e. The van der Waals surface area contributed by atoms with Crippen LogP contribution in [-0.4, -0.2) is 68.5 Å². The van der Waals surface area contributed by atoms with Gasteiger partial charge in [0.25, 0.3) is 7.82 Å². The van der Waals surface area contributed by atoms with Crippen molar-refractivity contribution in [1.29, 1.82) is 0 Å². The maximum Gasteiger partial charge on any atom is 0.268 e. The Balaban J connectivity index is 4.01. The van der Waals surface area contributed by atoms with Crippen molar-refractivity contribution in [2.24, 2.45) is 0 Å². The molecule has 0 aromatic heterocycles. The van der Waals surface area contributed by atoms with Gasteiger partial charge in [-0.3, -0.25) is 9.36 Å². The SMILES string of the molecule is CCCCCCC/C=C\C/C=C\CCCCCCCCCCCCCCCCCCCCCCCCCCCC(=O)NC(COP(=O)([O-])OCC[N+](C)(C)C)C(O)/C=C/CC/C=C/CC/C=C/CCCCCCCCCCCCCCCCCCCCC. The van der Waals surface area contributed by atoms with E-state index in [4.69, 9.17) is 9.05 Å². The maximum atomic E-state index is 13.1. The predicted octanol–water partition coefficient (Wildman–Crippen LogP) is 24.5. The third-order valence-electron chi connectivity index (χ3n) is 17.7. The molecule has 0 aromatic rings. The minimum atomic E-state index is -4.62. The standard InChI is InChI=1S/C79H151N2O6P/c1-6-8-10-12-14-16-18-20-22-24-26-28-30-32-34-36-37-38-39-40-41-42-43-45-47-49-51-53-55-57-59-61-63-65-67-69-71-73-79(83)80-77(76-87-88(84,85)86-75-74-81(3,4)5)78(82)72-70-68-66-64-62-60-58-56-54-52-50-48-46-44-35-33-31-29-27-25-23-21-19-17-15-13-11-9-7-2/h18,20,24,26,54,56,62,64,70,72,77-78,82H,6-17,19,21-23,25,27-53,55,57-61,63,65-69,71,73-76H2,1-5H3,(H-,80,83,84,85)/b20-18-,26-24-,56-54+,64-62+,72-70+. The molecule has 0 aliphatic rings. The topological polar surface area (TPSA) is 108 Å². The van der Waals surface area contributed by atoms with Gasteiger partial charge in [0, 0.05) is 6.42 Å². The van der Waals surface area contributed by atoms with Gasteiger partial charge in [0.1, 0.15) is 13.2 Å². The van der Waals surface area contributed by atoms with Crippen molar-refractivity contribution < 1.29 is 32.9 Å². The van der Waals surface area contributed by atoms with Crippen molar-refractivity contribution in [2.45, 2.75) is 398 Å². The molecule has 0 aliphatic carbocycles. The number of nitrogens with zero attached hydrogens (tertiary/aromatic N) is 1. The van der Waals surface area contributed by atoms with Crippen molar-refractivity contribution in [2.75, 3.05) is 40.9 Å². The molecule has 0 heterocycles. The summed E-state index contributed by atoms with van der Waals surface area (Å²) in [6.45, 7) is 4.66. The minimum absolute atomic E-state index is 0.00835. The van der Waals surface area contributed by atoms with Crippen LogP contribution >= 0.6 is 7.82 Å². The second kappa shape index (κ2) is 69.5. The predicted molar refractivity (Wildman–Crippen MR) is 385 cm³/mol. The highest BCUT2D eigenvalue weighted by atomic mass is 31.2. The van der Waals surface area contributed by atoms with Gasteiger partial charge in [0.05, 0.1) is 39.9 Å². The van der Waals surface area contributed by atoms with Crippen molar-refractivity contribution in [3.8, 4) is 0 Å². The van der Waals surface area contributed by atoms with E-state index in [0.29, 0.717) is 17.4 Å². The largest absolute Gasteiger partial charge is 0.756 e. The molecule has 88 heavy (non-hydrogen) atoms. The van der Waals surface area contributed by atoms with E-state index >= 15 is 0 Å². The smallest absolute Gasteiger partial charge is 0.268 e. The van der Waals surface area contributed by atoms with Crippen LogP contribution in [0.25, 0.3) is 0 Å². The Morgan fingerprint density at radius 3 is 0.989 bits per heavy atom. The van der Waals surface area contributed by atoms with Crippen LogP contribution in [-0.2, 0) is 18.4 Å². The van der Waals surface area contributed by atoms with Gasteiger partial charge in [-0.25, -0.2) is 0 Å². The van der Waals surface area contributed by atoms with E-state index in [2.05, 4.69) is 67.8 Å². The quantitative estimate of drug-likeness (QED) is 0.0272. The summed E-state index contributed by atoms with van der Waals surface area (Å²) in [6, 6.07) is -0.912. The molecule has 3 unspecified atom stereocenters. The number of likely N-dealkylation sites (N-methyl/N-ethyl adjacent to an activating group) is 1. The highest BCUT2D eigenvalue weighted by molar-refractivity contribution is 7.45. The average Bonchev–Trinajstić information content (AvgIpc) is 3.70. The normalized spacial score (nSPS) is 13.9. The van der Waals surface area contributed by atoms with Gasteiger partial charge in [0.2, 0.25) is 5.91 Å². The van der Waals surface area contributed by atoms with E-state index in [1.54, 1.807) is 6.08 Å². The molecule has 2 N–H and O–H groups in total. The fraction of sp³-hybridized carbons (Fsp3) is 0.861. The first-order valence-electron chi connectivity index (χ1n) is 38.7. The maximum absolute atomic E-state index is 13.1. The van der Waals surface area contributed by atoms with Crippen LogP contribution < -0.4 is 10.2 Å². The third-order valence-corrected chi connectivity index (χ3v) is 18.6. The molecule has 518 valence electrons. The number of carbonyl (C=O) groups is 1. The van der Waals surface area contributed by atoms with Gasteiger partial charge in [-0.15, -0.1) is 0 Å². The number of hydrogen-bond acceptors (Lipinski definition) is 6. The van der Waals surface area contributed by atoms with E-state index in [1.165, 1.54) is 315 Å². The summed E-state index contributed by atoms with van der Waals surface area (Å²) < 4.78 is 23.5. The molecule has 0 fully saturated rings. The Hall–Kier alpha value is -1.80. The Morgan fingerprint density at radius 2 is 0.670 bits per heavy atom. The molecule has 9 heteroatoms. The number of aliphatic hydroxyl groups is 1. The number of aliphatic hydroxyl groups excluding tert-OH is 1. The first-order valence-corrected chi connectivity index (χ1v) is 40.1. The second-order valence-electron chi connectivity index (χ2n) is 27.7. The number of hydrogen-bond donors (Lipinski definition) is 2. The van der Waals surface area contributed by atoms with Gasteiger partial charge in [-0.1, -0.05) is 364 Å². The van der Waals surface area contributed by atoms with Crippen molar-refractivity contribution in [3.05, 3.63) is 60.8 Å². The number of quaternary nitrogens is 1. The fourth-order valence-corrected chi connectivity index (χ4v) is 12.4. The highest BCUT2D eigenvalue weighted by Gasteiger charge is 2.23. The molecule has 8 nitrogen and oxygen atoms in total. The molecule has 0 rings (SSSR count). The summed E-state index contributed by atoms with van der Waals surface area (Å²) in [7, 11) is 1.25. The Kier molecular flexibility index (Phi) is 68.1. The molecule has 0 saturated heterocycles. The average molecular weight is 1260 g/mol. The zero-order valence-electron chi connectivity index (χ0n) is 59.4. The van der Waals surface area contributed by atoms with Gasteiger partial charge in [-0.05, 0) is 77.0 Å². The molecule has 0 radical (unpaired) electrons. The van der Waals surface area contributed by atoms with E-state index < -0.39 is 26.6 Å². The van der Waals surface area contributed by atoms with Crippen LogP contribution in [0.15, 0.2) is 60.8 Å². The van der Waals surface area contributed by atoms with E-state index in [-0.39, 0.29) is 12.5 Å². The van der Waals surface area contributed by atoms with Crippen molar-refractivity contribution >= 4 is 13.7 Å². The van der Waals surface area contributed by atoms with Crippen LogP contribution in [0.4, 0.5) is 0 Å². The van der Waals surface area contributed by atoms with Crippen LogP contribution in [0.5, 0.6) is 0 Å². The molecule has 1 amide bonds. The first kappa shape index (κ1) is 86.2. The van der Waals surface area contributed by atoms with E-state index in [0.717, 1.165) is 51.4 Å². The molecular formula is C79H151N2O6P. The fourth-order valence-electron chi connectivity index (χ4n) is 11.7. The first-order chi connectivity index (χ1) is 43.0. The Labute approximate surface area is 549 Å². The molecule has 0 aliphatic heterocycles. The molecule has 0 aromatic carbocycles. The number of phosphoric ester groups is 1.